The molecule has 1 aromatic rings. The molecule has 19 heavy (non-hydrogen) atoms. The molecule has 1 rings (SSSR count). The maximum absolute atomic E-state index is 11.8. The zero-order valence-electron chi connectivity index (χ0n) is 10.4. The van der Waals surface area contributed by atoms with E-state index in [2.05, 4.69) is 0 Å². The molecule has 0 saturated heterocycles. The Morgan fingerprint density at radius 1 is 1.26 bits per heavy atom. The van der Waals surface area contributed by atoms with Gasteiger partial charge >= 0.3 is 6.03 Å². The SMILES string of the molecule is CC(C)[C@H](Oc1ccc(Cl)c(Cl)c1)C(=O)NC(N)=O. The van der Waals surface area contributed by atoms with E-state index in [1.807, 2.05) is 5.32 Å². The molecule has 3 N–H and O–H groups in total. The van der Waals surface area contributed by atoms with Crippen molar-refractivity contribution in [3.63, 3.8) is 0 Å². The van der Waals surface area contributed by atoms with Crippen molar-refractivity contribution >= 4 is 35.1 Å². The normalized spacial score (nSPS) is 12.1. The van der Waals surface area contributed by atoms with Gasteiger partial charge in [-0.15, -0.1) is 0 Å². The molecule has 0 aliphatic heterocycles. The summed E-state index contributed by atoms with van der Waals surface area (Å²) < 4.78 is 5.51. The number of rotatable bonds is 4. The zero-order valence-corrected chi connectivity index (χ0v) is 12.0. The molecule has 0 spiro atoms. The van der Waals surface area contributed by atoms with Gasteiger partial charge in [-0.05, 0) is 18.1 Å². The Balaban J connectivity index is 2.86. The summed E-state index contributed by atoms with van der Waals surface area (Å²) in [4.78, 5) is 22.4. The number of ether oxygens (including phenoxy) is 1. The van der Waals surface area contributed by atoms with E-state index in [-0.39, 0.29) is 5.92 Å². The Kier molecular flexibility index (Phi) is 5.44. The summed E-state index contributed by atoms with van der Waals surface area (Å²) in [5.41, 5.74) is 4.90. The maximum Gasteiger partial charge on any atom is 0.318 e. The van der Waals surface area contributed by atoms with Crippen molar-refractivity contribution in [2.24, 2.45) is 11.7 Å². The predicted octanol–water partition coefficient (Wildman–Crippen LogP) is 2.59. The van der Waals surface area contributed by atoms with Crippen LogP contribution in [0.5, 0.6) is 5.75 Å². The number of amides is 3. The summed E-state index contributed by atoms with van der Waals surface area (Å²) in [6.07, 6.45) is -0.857. The number of benzene rings is 1. The Hall–Kier alpha value is -1.46. The van der Waals surface area contributed by atoms with Gasteiger partial charge in [-0.2, -0.15) is 0 Å². The van der Waals surface area contributed by atoms with Crippen LogP contribution in [0, 0.1) is 5.92 Å². The summed E-state index contributed by atoms with van der Waals surface area (Å²) in [6, 6.07) is 3.72. The first-order valence-corrected chi connectivity index (χ1v) is 6.29. The molecule has 1 atom stereocenters. The number of hydrogen-bond acceptors (Lipinski definition) is 3. The number of nitrogens with two attached hydrogens (primary N) is 1. The smallest absolute Gasteiger partial charge is 0.318 e. The summed E-state index contributed by atoms with van der Waals surface area (Å²) in [7, 11) is 0. The van der Waals surface area contributed by atoms with Crippen LogP contribution in [0.2, 0.25) is 10.0 Å². The van der Waals surface area contributed by atoms with Gasteiger partial charge in [0.05, 0.1) is 10.0 Å². The van der Waals surface area contributed by atoms with Gasteiger partial charge in [-0.3, -0.25) is 10.1 Å². The maximum atomic E-state index is 11.8. The van der Waals surface area contributed by atoms with Crippen molar-refractivity contribution in [1.82, 2.24) is 5.32 Å². The molecule has 0 aromatic heterocycles. The Morgan fingerprint density at radius 3 is 2.37 bits per heavy atom. The summed E-state index contributed by atoms with van der Waals surface area (Å²) in [5.74, 6) is -0.380. The highest BCUT2D eigenvalue weighted by atomic mass is 35.5. The number of hydrogen-bond donors (Lipinski definition) is 2. The van der Waals surface area contributed by atoms with Crippen molar-refractivity contribution in [3.05, 3.63) is 28.2 Å². The lowest BCUT2D eigenvalue weighted by Gasteiger charge is -2.21. The molecule has 1 aromatic carbocycles. The summed E-state index contributed by atoms with van der Waals surface area (Å²) >= 11 is 11.6. The average molecular weight is 305 g/mol. The standard InChI is InChI=1S/C12H14Cl2N2O3/c1-6(2)10(11(17)16-12(15)18)19-7-3-4-8(13)9(14)5-7/h3-6,10H,1-2H3,(H3,15,16,17,18)/t10-/m0/s1. The molecule has 3 amide bonds. The second-order valence-electron chi connectivity index (χ2n) is 4.21. The topological polar surface area (TPSA) is 81.4 Å². The molecule has 0 aliphatic carbocycles. The minimum atomic E-state index is -0.923. The van der Waals surface area contributed by atoms with E-state index in [4.69, 9.17) is 33.7 Å². The van der Waals surface area contributed by atoms with Crippen LogP contribution in [0.4, 0.5) is 4.79 Å². The van der Waals surface area contributed by atoms with Crippen LogP contribution in [-0.4, -0.2) is 18.0 Å². The van der Waals surface area contributed by atoms with E-state index in [1.165, 1.54) is 6.07 Å². The number of urea groups is 1. The number of primary amides is 1. The first kappa shape index (κ1) is 15.6. The van der Waals surface area contributed by atoms with E-state index < -0.39 is 18.0 Å². The molecule has 5 nitrogen and oxygen atoms in total. The van der Waals surface area contributed by atoms with Crippen molar-refractivity contribution in [3.8, 4) is 5.75 Å². The average Bonchev–Trinajstić information content (AvgIpc) is 2.29. The fraction of sp³-hybridized carbons (Fsp3) is 0.333. The lowest BCUT2D eigenvalue weighted by molar-refractivity contribution is -0.128. The molecule has 0 saturated carbocycles. The molecule has 0 radical (unpaired) electrons. The third-order valence-corrected chi connectivity index (χ3v) is 3.00. The van der Waals surface area contributed by atoms with Crippen molar-refractivity contribution in [1.29, 1.82) is 0 Å². The van der Waals surface area contributed by atoms with Crippen LogP contribution < -0.4 is 15.8 Å². The quantitative estimate of drug-likeness (QED) is 0.897. The Morgan fingerprint density at radius 2 is 1.89 bits per heavy atom. The fourth-order valence-corrected chi connectivity index (χ4v) is 1.67. The molecule has 0 bridgehead atoms. The van der Waals surface area contributed by atoms with E-state index in [9.17, 15) is 9.59 Å². The van der Waals surface area contributed by atoms with Gasteiger partial charge in [0.2, 0.25) is 0 Å². The van der Waals surface area contributed by atoms with Crippen LogP contribution in [-0.2, 0) is 4.79 Å². The lowest BCUT2D eigenvalue weighted by atomic mass is 10.1. The Bertz CT molecular complexity index is 492. The van der Waals surface area contributed by atoms with Gasteiger partial charge in [0.25, 0.3) is 5.91 Å². The first-order chi connectivity index (χ1) is 8.81. The second kappa shape index (κ2) is 6.63. The van der Waals surface area contributed by atoms with Crippen molar-refractivity contribution < 1.29 is 14.3 Å². The fourth-order valence-electron chi connectivity index (χ4n) is 1.38. The van der Waals surface area contributed by atoms with Gasteiger partial charge < -0.3 is 10.5 Å². The first-order valence-electron chi connectivity index (χ1n) is 5.53. The molecule has 104 valence electrons. The number of imide groups is 1. The van der Waals surface area contributed by atoms with Gasteiger partial charge in [0.1, 0.15) is 5.75 Å². The number of carbonyl (C=O) groups is 2. The van der Waals surface area contributed by atoms with E-state index >= 15 is 0 Å². The van der Waals surface area contributed by atoms with Crippen LogP contribution in [0.3, 0.4) is 0 Å². The van der Waals surface area contributed by atoms with Gasteiger partial charge in [0, 0.05) is 6.07 Å². The lowest BCUT2D eigenvalue weighted by Crippen LogP contribution is -2.46. The van der Waals surface area contributed by atoms with Gasteiger partial charge in [-0.1, -0.05) is 37.0 Å². The van der Waals surface area contributed by atoms with E-state index in [1.54, 1.807) is 26.0 Å². The predicted molar refractivity (Wildman–Crippen MR) is 73.4 cm³/mol. The third kappa shape index (κ3) is 4.61. The molecular weight excluding hydrogens is 291 g/mol. The monoisotopic (exact) mass is 304 g/mol. The van der Waals surface area contributed by atoms with Crippen LogP contribution in [0.15, 0.2) is 18.2 Å². The second-order valence-corrected chi connectivity index (χ2v) is 5.03. The van der Waals surface area contributed by atoms with Gasteiger partial charge in [0.15, 0.2) is 6.10 Å². The molecule has 0 fully saturated rings. The summed E-state index contributed by atoms with van der Waals surface area (Å²) in [5, 5.41) is 2.69. The number of nitrogens with one attached hydrogen (secondary N) is 1. The van der Waals surface area contributed by atoms with Crippen molar-refractivity contribution in [2.45, 2.75) is 20.0 Å². The number of carbonyl (C=O) groups excluding carboxylic acids is 2. The molecule has 0 aliphatic rings. The van der Waals surface area contributed by atoms with Crippen molar-refractivity contribution in [2.75, 3.05) is 0 Å². The van der Waals surface area contributed by atoms with Gasteiger partial charge in [-0.25, -0.2) is 4.79 Å². The van der Waals surface area contributed by atoms with Crippen LogP contribution in [0.25, 0.3) is 0 Å². The van der Waals surface area contributed by atoms with E-state index in [0.717, 1.165) is 0 Å². The minimum absolute atomic E-state index is 0.159. The highest BCUT2D eigenvalue weighted by molar-refractivity contribution is 6.42. The molecular formula is C12H14Cl2N2O3. The van der Waals surface area contributed by atoms with Crippen LogP contribution in [0.1, 0.15) is 13.8 Å². The Labute approximate surface area is 121 Å². The highest BCUT2D eigenvalue weighted by Crippen LogP contribution is 2.27. The summed E-state index contributed by atoms with van der Waals surface area (Å²) in [6.45, 7) is 3.56. The minimum Gasteiger partial charge on any atom is -0.480 e. The largest absolute Gasteiger partial charge is 0.480 e. The molecule has 0 unspecified atom stereocenters. The molecule has 0 heterocycles. The molecule has 7 heteroatoms. The number of halogens is 2. The third-order valence-electron chi connectivity index (χ3n) is 2.26. The van der Waals surface area contributed by atoms with Crippen LogP contribution >= 0.6 is 23.2 Å². The zero-order chi connectivity index (χ0) is 14.6. The van der Waals surface area contributed by atoms with E-state index in [0.29, 0.717) is 15.8 Å². The highest BCUT2D eigenvalue weighted by Gasteiger charge is 2.25.